The molecule has 1 aromatic carbocycles. The molecule has 3 aliphatic heterocycles. The van der Waals surface area contributed by atoms with E-state index >= 15 is 0 Å². The highest BCUT2D eigenvalue weighted by Crippen LogP contribution is 2.49. The maximum Gasteiger partial charge on any atom is 0.195 e. The molecule has 5 nitrogen and oxygen atoms in total. The maximum atomic E-state index is 13.4. The number of methoxy groups -OCH3 is 1. The summed E-state index contributed by atoms with van der Waals surface area (Å²) in [4.78, 5) is 27.6. The molecule has 0 bridgehead atoms. The summed E-state index contributed by atoms with van der Waals surface area (Å²) in [7, 11) is 1.61. The number of ketones is 2. The van der Waals surface area contributed by atoms with Gasteiger partial charge in [0.05, 0.1) is 12.7 Å². The average Bonchev–Trinajstić information content (AvgIpc) is 3.07. The van der Waals surface area contributed by atoms with Gasteiger partial charge in [0.2, 0.25) is 0 Å². The number of fused-ring (bicyclic) bond motifs is 3. The standard InChI is InChI=1S/C20H26N2O3/c1-12-11-22-8-7-20(17(22)10-14(12)9-13(2)23)19(24)18-15(21-20)5-4-6-16(18)25-3/h4-6,12,14,17,21H,7-11H2,1-3H3/t12-,14+,17+,20?/m1/s1. The van der Waals surface area contributed by atoms with Gasteiger partial charge in [-0.05, 0) is 43.7 Å². The van der Waals surface area contributed by atoms with Crippen LogP contribution in [0.3, 0.4) is 0 Å². The van der Waals surface area contributed by atoms with Crippen LogP contribution in [-0.4, -0.2) is 48.2 Å². The van der Waals surface area contributed by atoms with E-state index in [1.165, 1.54) is 0 Å². The lowest BCUT2D eigenvalue weighted by molar-refractivity contribution is -0.118. The van der Waals surface area contributed by atoms with E-state index in [0.29, 0.717) is 29.6 Å². The molecular formula is C20H26N2O3. The van der Waals surface area contributed by atoms with Crippen LogP contribution in [-0.2, 0) is 4.79 Å². The second-order valence-electron chi connectivity index (χ2n) is 7.95. The van der Waals surface area contributed by atoms with Gasteiger partial charge in [-0.25, -0.2) is 0 Å². The van der Waals surface area contributed by atoms with Crippen LogP contribution in [0, 0.1) is 11.8 Å². The van der Waals surface area contributed by atoms with Gasteiger partial charge in [0.15, 0.2) is 5.78 Å². The zero-order valence-electron chi connectivity index (χ0n) is 15.2. The van der Waals surface area contributed by atoms with E-state index in [1.54, 1.807) is 14.0 Å². The van der Waals surface area contributed by atoms with Gasteiger partial charge in [-0.15, -0.1) is 0 Å². The first-order valence-corrected chi connectivity index (χ1v) is 9.19. The Hall–Kier alpha value is -1.88. The summed E-state index contributed by atoms with van der Waals surface area (Å²) in [6, 6.07) is 5.89. The SMILES string of the molecule is COc1cccc2c1C(=O)C1(CCN3C[C@@H](C)[C@@H](CC(C)=O)C[C@H]31)N2. The Kier molecular flexibility index (Phi) is 3.87. The first-order chi connectivity index (χ1) is 12.0. The lowest BCUT2D eigenvalue weighted by Crippen LogP contribution is -2.57. The first kappa shape index (κ1) is 16.6. The van der Waals surface area contributed by atoms with Crippen molar-refractivity contribution in [3.05, 3.63) is 23.8 Å². The van der Waals surface area contributed by atoms with Crippen molar-refractivity contribution in [3.63, 3.8) is 0 Å². The van der Waals surface area contributed by atoms with Crippen molar-refractivity contribution in [2.24, 2.45) is 11.8 Å². The van der Waals surface area contributed by atoms with Crippen molar-refractivity contribution >= 4 is 17.3 Å². The van der Waals surface area contributed by atoms with Crippen molar-refractivity contribution in [1.82, 2.24) is 4.90 Å². The molecule has 25 heavy (non-hydrogen) atoms. The van der Waals surface area contributed by atoms with Crippen molar-refractivity contribution in [3.8, 4) is 5.75 Å². The van der Waals surface area contributed by atoms with E-state index in [9.17, 15) is 9.59 Å². The molecule has 1 N–H and O–H groups in total. The molecule has 3 aliphatic rings. The van der Waals surface area contributed by atoms with Crippen LogP contribution < -0.4 is 10.1 Å². The molecule has 5 heteroatoms. The summed E-state index contributed by atoms with van der Waals surface area (Å²) in [6.45, 7) is 5.79. The van der Waals surface area contributed by atoms with Gasteiger partial charge < -0.3 is 14.8 Å². The second kappa shape index (κ2) is 5.84. The highest BCUT2D eigenvalue weighted by atomic mass is 16.5. The number of carbonyl (C=O) groups is 2. The summed E-state index contributed by atoms with van der Waals surface area (Å²) in [5, 5.41) is 3.57. The number of carbonyl (C=O) groups excluding carboxylic acids is 2. The molecule has 4 rings (SSSR count). The van der Waals surface area contributed by atoms with Crippen LogP contribution in [0.15, 0.2) is 18.2 Å². The van der Waals surface area contributed by atoms with E-state index < -0.39 is 5.54 Å². The van der Waals surface area contributed by atoms with Crippen LogP contribution in [0.1, 0.15) is 43.5 Å². The average molecular weight is 342 g/mol. The molecule has 3 heterocycles. The van der Waals surface area contributed by atoms with Crippen LogP contribution in [0.2, 0.25) is 0 Å². The minimum Gasteiger partial charge on any atom is -0.496 e. The molecule has 4 atom stereocenters. The molecule has 0 aromatic heterocycles. The number of hydrogen-bond acceptors (Lipinski definition) is 5. The monoisotopic (exact) mass is 342 g/mol. The smallest absolute Gasteiger partial charge is 0.195 e. The van der Waals surface area contributed by atoms with Gasteiger partial charge in [0.1, 0.15) is 17.1 Å². The Morgan fingerprint density at radius 3 is 2.96 bits per heavy atom. The molecule has 0 amide bonds. The largest absolute Gasteiger partial charge is 0.496 e. The zero-order valence-corrected chi connectivity index (χ0v) is 15.2. The van der Waals surface area contributed by atoms with Crippen LogP contribution in [0.5, 0.6) is 5.75 Å². The molecule has 1 unspecified atom stereocenters. The third-order valence-electron chi connectivity index (χ3n) is 6.44. The number of Topliss-reactive ketones (excluding diaryl/α,β-unsaturated/α-hetero) is 2. The highest BCUT2D eigenvalue weighted by Gasteiger charge is 2.59. The number of piperidine rings is 1. The van der Waals surface area contributed by atoms with Crippen LogP contribution >= 0.6 is 0 Å². The third-order valence-corrected chi connectivity index (χ3v) is 6.44. The molecule has 2 saturated heterocycles. The number of nitrogens with one attached hydrogen (secondary N) is 1. The summed E-state index contributed by atoms with van der Waals surface area (Å²) in [5.74, 6) is 1.89. The third kappa shape index (κ3) is 2.40. The number of rotatable bonds is 3. The molecule has 0 saturated carbocycles. The van der Waals surface area contributed by atoms with E-state index in [4.69, 9.17) is 4.74 Å². The quantitative estimate of drug-likeness (QED) is 0.915. The van der Waals surface area contributed by atoms with E-state index in [-0.39, 0.29) is 17.6 Å². The van der Waals surface area contributed by atoms with Crippen LogP contribution in [0.4, 0.5) is 5.69 Å². The minimum absolute atomic E-state index is 0.151. The Balaban J connectivity index is 1.68. The number of nitrogens with zero attached hydrogens (tertiary/aromatic N) is 1. The minimum atomic E-state index is -0.563. The van der Waals surface area contributed by atoms with Gasteiger partial charge >= 0.3 is 0 Å². The summed E-state index contributed by atoms with van der Waals surface area (Å²) >= 11 is 0. The summed E-state index contributed by atoms with van der Waals surface area (Å²) in [5.41, 5.74) is 1.01. The summed E-state index contributed by atoms with van der Waals surface area (Å²) < 4.78 is 5.44. The Morgan fingerprint density at radius 2 is 2.24 bits per heavy atom. The lowest BCUT2D eigenvalue weighted by Gasteiger charge is -2.44. The second-order valence-corrected chi connectivity index (χ2v) is 7.95. The Labute approximate surface area is 148 Å². The number of anilines is 1. The lowest BCUT2D eigenvalue weighted by atomic mass is 9.74. The normalized spacial score (nSPS) is 33.9. The molecule has 2 fully saturated rings. The fourth-order valence-corrected chi connectivity index (χ4v) is 5.19. The predicted molar refractivity (Wildman–Crippen MR) is 96.2 cm³/mol. The van der Waals surface area contributed by atoms with Crippen molar-refractivity contribution < 1.29 is 14.3 Å². The summed E-state index contributed by atoms with van der Waals surface area (Å²) in [6.07, 6.45) is 2.33. The van der Waals surface area contributed by atoms with Crippen molar-refractivity contribution in [2.75, 3.05) is 25.5 Å². The number of benzene rings is 1. The van der Waals surface area contributed by atoms with Crippen LogP contribution in [0.25, 0.3) is 0 Å². The molecule has 1 spiro atoms. The van der Waals surface area contributed by atoms with Gasteiger partial charge in [0, 0.05) is 31.2 Å². The first-order valence-electron chi connectivity index (χ1n) is 9.19. The Morgan fingerprint density at radius 1 is 1.44 bits per heavy atom. The zero-order chi connectivity index (χ0) is 17.8. The van der Waals surface area contributed by atoms with Gasteiger partial charge in [0.25, 0.3) is 0 Å². The topological polar surface area (TPSA) is 58.6 Å². The molecule has 0 radical (unpaired) electrons. The fraction of sp³-hybridized carbons (Fsp3) is 0.600. The maximum absolute atomic E-state index is 13.4. The number of ether oxygens (including phenoxy) is 1. The van der Waals surface area contributed by atoms with Crippen molar-refractivity contribution in [1.29, 1.82) is 0 Å². The van der Waals surface area contributed by atoms with Gasteiger partial charge in [-0.1, -0.05) is 13.0 Å². The molecular weight excluding hydrogens is 316 g/mol. The predicted octanol–water partition coefficient (Wildman–Crippen LogP) is 2.75. The van der Waals surface area contributed by atoms with Gasteiger partial charge in [-0.2, -0.15) is 0 Å². The van der Waals surface area contributed by atoms with Gasteiger partial charge in [-0.3, -0.25) is 9.69 Å². The Bertz CT molecular complexity index is 732. The fourth-order valence-electron chi connectivity index (χ4n) is 5.19. The van der Waals surface area contributed by atoms with E-state index in [0.717, 1.165) is 31.6 Å². The van der Waals surface area contributed by atoms with E-state index in [2.05, 4.69) is 17.1 Å². The molecule has 1 aromatic rings. The number of hydrogen-bond donors (Lipinski definition) is 1. The molecule has 0 aliphatic carbocycles. The highest BCUT2D eigenvalue weighted by molar-refractivity contribution is 6.16. The van der Waals surface area contributed by atoms with Crippen molar-refractivity contribution in [2.45, 2.75) is 44.7 Å². The molecule has 134 valence electrons. The van der Waals surface area contributed by atoms with E-state index in [1.807, 2.05) is 18.2 Å².